The molecule has 0 radical (unpaired) electrons. The van der Waals surface area contributed by atoms with Gasteiger partial charge in [0.05, 0.1) is 5.69 Å². The van der Waals surface area contributed by atoms with E-state index >= 15 is 0 Å². The topological polar surface area (TPSA) is 33.1 Å². The van der Waals surface area contributed by atoms with Crippen molar-refractivity contribution in [2.24, 2.45) is 0 Å². The molecule has 1 heterocycles. The number of aliphatic hydroxyl groups is 1. The monoisotopic (exact) mass is 277 g/mol. The largest absolute Gasteiger partial charge is 0.382 e. The lowest BCUT2D eigenvalue weighted by atomic mass is 10.0. The number of aryl methyl sites for hydroxylation is 1. The van der Waals surface area contributed by atoms with E-state index in [4.69, 9.17) is 0 Å². The average Bonchev–Trinajstić information content (AvgIpc) is 2.29. The molecule has 2 nitrogen and oxygen atoms in total. The highest BCUT2D eigenvalue weighted by molar-refractivity contribution is 9.10. The Labute approximate surface area is 103 Å². The van der Waals surface area contributed by atoms with Crippen molar-refractivity contribution >= 4 is 15.9 Å². The summed E-state index contributed by atoms with van der Waals surface area (Å²) in [6.07, 6.45) is 0.995. The van der Waals surface area contributed by atoms with Gasteiger partial charge in [0, 0.05) is 10.7 Å². The Morgan fingerprint density at radius 2 is 2.06 bits per heavy atom. The van der Waals surface area contributed by atoms with Crippen molar-refractivity contribution in [2.75, 3.05) is 0 Å². The Balaban J connectivity index is 2.39. The molecule has 1 aromatic heterocycles. The first-order chi connectivity index (χ1) is 7.68. The van der Waals surface area contributed by atoms with Crippen molar-refractivity contribution in [3.63, 3.8) is 0 Å². The normalized spacial score (nSPS) is 12.4. The van der Waals surface area contributed by atoms with Crippen LogP contribution in [0, 0.1) is 6.92 Å². The first-order valence-corrected chi connectivity index (χ1v) is 5.83. The van der Waals surface area contributed by atoms with E-state index in [2.05, 4.69) is 20.9 Å². The van der Waals surface area contributed by atoms with Crippen molar-refractivity contribution in [3.05, 3.63) is 63.9 Å². The smallest absolute Gasteiger partial charge is 0.122 e. The second-order valence-electron chi connectivity index (χ2n) is 3.69. The van der Waals surface area contributed by atoms with Gasteiger partial charge in [-0.15, -0.1) is 0 Å². The average molecular weight is 278 g/mol. The summed E-state index contributed by atoms with van der Waals surface area (Å²) in [4.78, 5) is 4.19. The molecule has 82 valence electrons. The fourth-order valence-corrected chi connectivity index (χ4v) is 2.07. The second kappa shape index (κ2) is 4.76. The van der Waals surface area contributed by atoms with Crippen molar-refractivity contribution < 1.29 is 5.11 Å². The minimum Gasteiger partial charge on any atom is -0.382 e. The molecule has 0 aliphatic rings. The van der Waals surface area contributed by atoms with Crippen LogP contribution in [-0.4, -0.2) is 10.1 Å². The van der Waals surface area contributed by atoms with Crippen LogP contribution in [0.25, 0.3) is 0 Å². The number of halogens is 1. The number of hydrogen-bond acceptors (Lipinski definition) is 2. The standard InChI is InChI=1S/C13H12BrNO/c1-9-4-2-5-10(8-9)13(16)12-11(14)6-3-7-15-12/h2-8,13,16H,1H3. The van der Waals surface area contributed by atoms with Gasteiger partial charge in [0.25, 0.3) is 0 Å². The van der Waals surface area contributed by atoms with Gasteiger partial charge >= 0.3 is 0 Å². The summed E-state index contributed by atoms with van der Waals surface area (Å²) in [5.74, 6) is 0. The molecule has 1 aromatic carbocycles. The molecule has 2 aromatic rings. The van der Waals surface area contributed by atoms with Crippen molar-refractivity contribution in [2.45, 2.75) is 13.0 Å². The summed E-state index contributed by atoms with van der Waals surface area (Å²) in [6, 6.07) is 11.5. The molecule has 0 saturated carbocycles. The molecule has 1 atom stereocenters. The van der Waals surface area contributed by atoms with Gasteiger partial charge in [0.1, 0.15) is 6.10 Å². The van der Waals surface area contributed by atoms with Crippen molar-refractivity contribution in [1.82, 2.24) is 4.98 Å². The molecule has 0 saturated heterocycles. The number of aromatic nitrogens is 1. The zero-order valence-electron chi connectivity index (χ0n) is 8.89. The molecule has 0 bridgehead atoms. The highest BCUT2D eigenvalue weighted by Gasteiger charge is 2.14. The molecule has 1 unspecified atom stereocenters. The van der Waals surface area contributed by atoms with Crippen LogP contribution in [0.2, 0.25) is 0 Å². The molecule has 0 amide bonds. The lowest BCUT2D eigenvalue weighted by Crippen LogP contribution is -2.03. The zero-order valence-corrected chi connectivity index (χ0v) is 10.5. The summed E-state index contributed by atoms with van der Waals surface area (Å²) in [5, 5.41) is 10.2. The number of rotatable bonds is 2. The van der Waals surface area contributed by atoms with E-state index in [1.165, 1.54) is 0 Å². The summed E-state index contributed by atoms with van der Waals surface area (Å²) >= 11 is 3.39. The Bertz CT molecular complexity index is 499. The van der Waals surface area contributed by atoms with Crippen molar-refractivity contribution in [3.8, 4) is 0 Å². The molecular formula is C13H12BrNO. The summed E-state index contributed by atoms with van der Waals surface area (Å²) in [5.41, 5.74) is 2.64. The quantitative estimate of drug-likeness (QED) is 0.914. The van der Waals surface area contributed by atoms with Gasteiger partial charge in [-0.3, -0.25) is 4.98 Å². The van der Waals surface area contributed by atoms with Crippen LogP contribution < -0.4 is 0 Å². The molecular weight excluding hydrogens is 266 g/mol. The predicted molar refractivity (Wildman–Crippen MR) is 67.2 cm³/mol. The first kappa shape index (κ1) is 11.3. The van der Waals surface area contributed by atoms with Crippen LogP contribution in [0.3, 0.4) is 0 Å². The molecule has 3 heteroatoms. The van der Waals surface area contributed by atoms with E-state index in [1.54, 1.807) is 6.20 Å². The maximum Gasteiger partial charge on any atom is 0.122 e. The molecule has 0 spiro atoms. The summed E-state index contributed by atoms with van der Waals surface area (Å²) in [7, 11) is 0. The molecule has 0 aliphatic carbocycles. The fourth-order valence-electron chi connectivity index (χ4n) is 1.60. The molecule has 16 heavy (non-hydrogen) atoms. The van der Waals surface area contributed by atoms with Crippen LogP contribution in [0.5, 0.6) is 0 Å². The maximum atomic E-state index is 10.2. The van der Waals surface area contributed by atoms with E-state index in [1.807, 2.05) is 43.3 Å². The number of hydrogen-bond donors (Lipinski definition) is 1. The first-order valence-electron chi connectivity index (χ1n) is 5.03. The number of pyridine rings is 1. The Morgan fingerprint density at radius 3 is 2.75 bits per heavy atom. The van der Waals surface area contributed by atoms with E-state index in [0.29, 0.717) is 5.69 Å². The third-order valence-electron chi connectivity index (χ3n) is 2.40. The van der Waals surface area contributed by atoms with Crippen LogP contribution in [-0.2, 0) is 0 Å². The molecule has 1 N–H and O–H groups in total. The Morgan fingerprint density at radius 1 is 1.25 bits per heavy atom. The minimum absolute atomic E-state index is 0.646. The minimum atomic E-state index is -0.685. The maximum absolute atomic E-state index is 10.2. The number of aliphatic hydroxyl groups excluding tert-OH is 1. The van der Waals surface area contributed by atoms with Gasteiger partial charge in [0.15, 0.2) is 0 Å². The highest BCUT2D eigenvalue weighted by atomic mass is 79.9. The highest BCUT2D eigenvalue weighted by Crippen LogP contribution is 2.26. The molecule has 0 aliphatic heterocycles. The van der Waals surface area contributed by atoms with Crippen LogP contribution >= 0.6 is 15.9 Å². The zero-order chi connectivity index (χ0) is 11.5. The van der Waals surface area contributed by atoms with Gasteiger partial charge in [-0.25, -0.2) is 0 Å². The molecule has 2 rings (SSSR count). The van der Waals surface area contributed by atoms with Crippen LogP contribution in [0.1, 0.15) is 22.9 Å². The Hall–Kier alpha value is -1.19. The van der Waals surface area contributed by atoms with Crippen molar-refractivity contribution in [1.29, 1.82) is 0 Å². The van der Waals surface area contributed by atoms with Gasteiger partial charge in [0.2, 0.25) is 0 Å². The summed E-state index contributed by atoms with van der Waals surface area (Å²) < 4.78 is 0.823. The van der Waals surface area contributed by atoms with E-state index in [9.17, 15) is 5.11 Å². The number of nitrogens with zero attached hydrogens (tertiary/aromatic N) is 1. The van der Waals surface area contributed by atoms with E-state index < -0.39 is 6.10 Å². The lowest BCUT2D eigenvalue weighted by Gasteiger charge is -2.12. The van der Waals surface area contributed by atoms with Gasteiger partial charge in [-0.05, 0) is 40.5 Å². The van der Waals surface area contributed by atoms with Crippen LogP contribution in [0.4, 0.5) is 0 Å². The van der Waals surface area contributed by atoms with Crippen LogP contribution in [0.15, 0.2) is 47.1 Å². The third kappa shape index (κ3) is 2.31. The summed E-state index contributed by atoms with van der Waals surface area (Å²) in [6.45, 7) is 2.00. The SMILES string of the molecule is Cc1cccc(C(O)c2ncccc2Br)c1. The Kier molecular flexibility index (Phi) is 3.36. The van der Waals surface area contributed by atoms with Gasteiger partial charge in [-0.2, -0.15) is 0 Å². The molecule has 0 fully saturated rings. The van der Waals surface area contributed by atoms with E-state index in [-0.39, 0.29) is 0 Å². The van der Waals surface area contributed by atoms with E-state index in [0.717, 1.165) is 15.6 Å². The fraction of sp³-hybridized carbons (Fsp3) is 0.154. The third-order valence-corrected chi connectivity index (χ3v) is 3.07. The number of benzene rings is 1. The second-order valence-corrected chi connectivity index (χ2v) is 4.54. The lowest BCUT2D eigenvalue weighted by molar-refractivity contribution is 0.214. The van der Waals surface area contributed by atoms with Gasteiger partial charge < -0.3 is 5.11 Å². The van der Waals surface area contributed by atoms with Gasteiger partial charge in [-0.1, -0.05) is 29.8 Å². The predicted octanol–water partition coefficient (Wildman–Crippen LogP) is 3.23.